The molecule has 2 bridgehead atoms. The number of ether oxygens (including phenoxy) is 1. The summed E-state index contributed by atoms with van der Waals surface area (Å²) in [5.41, 5.74) is -0.0528. The first-order valence-corrected chi connectivity index (χ1v) is 11.0. The van der Waals surface area contributed by atoms with Crippen LogP contribution in [0.4, 0.5) is 8.78 Å². The molecular formula is C22H21Cl2F2NO3. The molecule has 1 aromatic carbocycles. The first-order valence-electron chi connectivity index (χ1n) is 10.3. The number of aromatic nitrogens is 1. The van der Waals surface area contributed by atoms with Crippen molar-refractivity contribution >= 4 is 29.0 Å². The van der Waals surface area contributed by atoms with E-state index in [1.54, 1.807) is 18.2 Å². The summed E-state index contributed by atoms with van der Waals surface area (Å²) in [6.45, 7) is -0.0792. The second kappa shape index (κ2) is 7.57. The van der Waals surface area contributed by atoms with E-state index < -0.39 is 12.0 Å². The summed E-state index contributed by atoms with van der Waals surface area (Å²) >= 11 is 12.7. The summed E-state index contributed by atoms with van der Waals surface area (Å²) in [5.74, 6) is 0.307. The largest absolute Gasteiger partial charge is 0.364 e. The molecule has 3 aliphatic rings. The molecule has 8 heteroatoms. The molecule has 1 aromatic heterocycles. The van der Waals surface area contributed by atoms with Gasteiger partial charge in [0, 0.05) is 28.9 Å². The first-order chi connectivity index (χ1) is 14.4. The van der Waals surface area contributed by atoms with Gasteiger partial charge in [0.25, 0.3) is 6.43 Å². The van der Waals surface area contributed by atoms with Crippen LogP contribution in [-0.2, 0) is 16.1 Å². The third-order valence-electron chi connectivity index (χ3n) is 6.72. The number of halogens is 4. The van der Waals surface area contributed by atoms with E-state index in [2.05, 4.69) is 5.16 Å². The van der Waals surface area contributed by atoms with Crippen LogP contribution in [0, 0.1) is 11.8 Å². The van der Waals surface area contributed by atoms with E-state index in [0.717, 1.165) is 12.8 Å². The fraction of sp³-hybridized carbons (Fsp3) is 0.545. The van der Waals surface area contributed by atoms with E-state index in [0.29, 0.717) is 45.5 Å². The highest BCUT2D eigenvalue weighted by Gasteiger charge is 2.54. The molecule has 3 fully saturated rings. The smallest absolute Gasteiger partial charge is 0.267 e. The lowest BCUT2D eigenvalue weighted by molar-refractivity contribution is -0.180. The molecule has 0 aliphatic heterocycles. The quantitative estimate of drug-likeness (QED) is 0.502. The van der Waals surface area contributed by atoms with Crippen LogP contribution in [0.15, 0.2) is 22.7 Å². The standard InChI is InChI=1S/C22H21Cl2F2NO3/c23-15-2-1-3-16(24)17(15)18-14(20(30-27-18)11-4-5-11)10-29-22(21(25)26)8-12-6-7-13(9-22)19(12)28/h1-3,11-13,21H,4-10H2/t12-,13+,22?. The number of fused-ring (bicyclic) bond motifs is 2. The van der Waals surface area contributed by atoms with Gasteiger partial charge >= 0.3 is 0 Å². The maximum absolute atomic E-state index is 14.2. The van der Waals surface area contributed by atoms with Crippen molar-refractivity contribution in [2.45, 2.75) is 63.1 Å². The molecule has 160 valence electrons. The zero-order valence-electron chi connectivity index (χ0n) is 16.2. The van der Waals surface area contributed by atoms with Crippen molar-refractivity contribution in [3.8, 4) is 11.3 Å². The molecule has 5 rings (SSSR count). The topological polar surface area (TPSA) is 52.3 Å². The van der Waals surface area contributed by atoms with Crippen LogP contribution < -0.4 is 0 Å². The Balaban J connectivity index is 1.49. The molecule has 0 amide bonds. The average Bonchev–Trinajstić information content (AvgIpc) is 3.43. The minimum atomic E-state index is -2.68. The molecule has 0 N–H and O–H groups in total. The molecule has 30 heavy (non-hydrogen) atoms. The normalized spacial score (nSPS) is 28.5. The van der Waals surface area contributed by atoms with Gasteiger partial charge in [0.05, 0.1) is 16.7 Å². The van der Waals surface area contributed by atoms with E-state index >= 15 is 0 Å². The molecule has 0 spiro atoms. The Morgan fingerprint density at radius 1 is 1.10 bits per heavy atom. The molecule has 0 radical (unpaired) electrons. The van der Waals surface area contributed by atoms with Crippen LogP contribution in [0.25, 0.3) is 11.3 Å². The van der Waals surface area contributed by atoms with E-state index in [-0.39, 0.29) is 43.0 Å². The Kier molecular flexibility index (Phi) is 5.15. The van der Waals surface area contributed by atoms with Crippen molar-refractivity contribution in [2.24, 2.45) is 11.8 Å². The zero-order valence-corrected chi connectivity index (χ0v) is 17.7. The molecule has 4 nitrogen and oxygen atoms in total. The fourth-order valence-electron chi connectivity index (χ4n) is 4.97. The minimum Gasteiger partial charge on any atom is -0.364 e. The second-order valence-electron chi connectivity index (χ2n) is 8.68. The van der Waals surface area contributed by atoms with Gasteiger partial charge in [-0.25, -0.2) is 8.78 Å². The van der Waals surface area contributed by atoms with Crippen molar-refractivity contribution in [3.05, 3.63) is 39.6 Å². The van der Waals surface area contributed by atoms with Crippen molar-refractivity contribution in [2.75, 3.05) is 0 Å². The monoisotopic (exact) mass is 455 g/mol. The number of ketones is 1. The van der Waals surface area contributed by atoms with Gasteiger partial charge in [-0.2, -0.15) is 0 Å². The fourth-order valence-corrected chi connectivity index (χ4v) is 5.54. The van der Waals surface area contributed by atoms with Crippen LogP contribution in [0.5, 0.6) is 0 Å². The third-order valence-corrected chi connectivity index (χ3v) is 7.35. The summed E-state index contributed by atoms with van der Waals surface area (Å²) < 4.78 is 40.0. The average molecular weight is 456 g/mol. The predicted octanol–water partition coefficient (Wildman–Crippen LogP) is 6.44. The lowest BCUT2D eigenvalue weighted by atomic mass is 9.76. The first kappa shape index (κ1) is 20.4. The number of hydrogen-bond acceptors (Lipinski definition) is 4. The van der Waals surface area contributed by atoms with Gasteiger partial charge in [-0.05, 0) is 50.7 Å². The van der Waals surface area contributed by atoms with Gasteiger partial charge in [-0.3, -0.25) is 4.79 Å². The molecular weight excluding hydrogens is 435 g/mol. The van der Waals surface area contributed by atoms with Crippen LogP contribution >= 0.6 is 23.2 Å². The Morgan fingerprint density at radius 2 is 1.70 bits per heavy atom. The SMILES string of the molecule is O=C1[C@@H]2CC[C@H]1CC(OCc1c(-c3c(Cl)cccc3Cl)noc1C1CC1)(C(F)F)C2. The number of alkyl halides is 2. The maximum atomic E-state index is 14.2. The van der Waals surface area contributed by atoms with Crippen LogP contribution in [0.2, 0.25) is 10.0 Å². The van der Waals surface area contributed by atoms with Gasteiger partial charge in [0.15, 0.2) is 0 Å². The summed E-state index contributed by atoms with van der Waals surface area (Å²) in [6, 6.07) is 5.13. The van der Waals surface area contributed by atoms with Crippen molar-refractivity contribution in [3.63, 3.8) is 0 Å². The van der Waals surface area contributed by atoms with Crippen molar-refractivity contribution in [1.29, 1.82) is 0 Å². The zero-order chi connectivity index (χ0) is 21.0. The Bertz CT molecular complexity index is 953. The van der Waals surface area contributed by atoms with Crippen LogP contribution in [-0.4, -0.2) is 23.0 Å². The summed E-state index contributed by atoms with van der Waals surface area (Å²) in [7, 11) is 0. The van der Waals surface area contributed by atoms with Crippen molar-refractivity contribution < 1.29 is 22.8 Å². The number of Topliss-reactive ketones (excluding diaryl/α,β-unsaturated/α-hetero) is 1. The highest BCUT2D eigenvalue weighted by Crippen LogP contribution is 2.50. The number of hydrogen-bond donors (Lipinski definition) is 0. The molecule has 3 atom stereocenters. The van der Waals surface area contributed by atoms with Crippen LogP contribution in [0.1, 0.15) is 55.8 Å². The molecule has 3 saturated carbocycles. The Labute approximate surface area is 182 Å². The highest BCUT2D eigenvalue weighted by atomic mass is 35.5. The van der Waals surface area contributed by atoms with Crippen LogP contribution in [0.3, 0.4) is 0 Å². The summed E-state index contributed by atoms with van der Waals surface area (Å²) in [5, 5.41) is 5.00. The maximum Gasteiger partial charge on any atom is 0.267 e. The number of rotatable bonds is 6. The van der Waals surface area contributed by atoms with E-state index in [4.69, 9.17) is 32.5 Å². The van der Waals surface area contributed by atoms with E-state index in [1.807, 2.05) is 0 Å². The number of nitrogens with zero attached hydrogens (tertiary/aromatic N) is 1. The summed E-state index contributed by atoms with van der Waals surface area (Å²) in [4.78, 5) is 12.2. The van der Waals surface area contributed by atoms with Crippen molar-refractivity contribution in [1.82, 2.24) is 5.16 Å². The Hall–Kier alpha value is -1.50. The van der Waals surface area contributed by atoms with Gasteiger partial charge < -0.3 is 9.26 Å². The van der Waals surface area contributed by atoms with E-state index in [1.165, 1.54) is 0 Å². The molecule has 0 saturated heterocycles. The number of benzene rings is 1. The summed E-state index contributed by atoms with van der Waals surface area (Å²) in [6.07, 6.45) is 0.696. The molecule has 1 unspecified atom stereocenters. The van der Waals surface area contributed by atoms with Gasteiger partial charge in [0.2, 0.25) is 0 Å². The highest BCUT2D eigenvalue weighted by molar-refractivity contribution is 6.39. The number of carbonyl (C=O) groups excluding carboxylic acids is 1. The predicted molar refractivity (Wildman–Crippen MR) is 108 cm³/mol. The number of carbonyl (C=O) groups is 1. The lowest BCUT2D eigenvalue weighted by Crippen LogP contribution is -2.48. The third kappa shape index (κ3) is 3.37. The van der Waals surface area contributed by atoms with Gasteiger partial charge in [0.1, 0.15) is 22.8 Å². The Morgan fingerprint density at radius 3 is 2.27 bits per heavy atom. The lowest BCUT2D eigenvalue weighted by Gasteiger charge is -2.39. The molecule has 3 aliphatic carbocycles. The van der Waals surface area contributed by atoms with E-state index in [9.17, 15) is 13.6 Å². The minimum absolute atomic E-state index is 0.0617. The van der Waals surface area contributed by atoms with Gasteiger partial charge in [-0.1, -0.05) is 34.4 Å². The van der Waals surface area contributed by atoms with Gasteiger partial charge in [-0.15, -0.1) is 0 Å². The molecule has 2 aromatic rings. The molecule has 1 heterocycles. The second-order valence-corrected chi connectivity index (χ2v) is 9.50.